The Labute approximate surface area is 159 Å². The normalized spacial score (nSPS) is 19.6. The number of para-hydroxylation sites is 1. The number of rotatable bonds is 5. The molecule has 142 valence electrons. The number of amides is 1. The molecule has 1 N–H and O–H groups in total. The van der Waals surface area contributed by atoms with Gasteiger partial charge in [-0.25, -0.2) is 0 Å². The molecule has 1 heterocycles. The zero-order chi connectivity index (χ0) is 19.4. The van der Waals surface area contributed by atoms with Crippen molar-refractivity contribution in [2.24, 2.45) is 5.92 Å². The second kappa shape index (κ2) is 8.25. The minimum absolute atomic E-state index is 0.121. The lowest BCUT2D eigenvalue weighted by atomic mass is 9.89. The van der Waals surface area contributed by atoms with Gasteiger partial charge in [-0.2, -0.15) is 0 Å². The molecule has 5 nitrogen and oxygen atoms in total. The molecule has 1 fully saturated rings. The maximum Gasteiger partial charge on any atom is 0.308 e. The van der Waals surface area contributed by atoms with Gasteiger partial charge >= 0.3 is 5.97 Å². The van der Waals surface area contributed by atoms with Crippen LogP contribution in [0.25, 0.3) is 11.1 Å². The van der Waals surface area contributed by atoms with Gasteiger partial charge < -0.3 is 14.7 Å². The van der Waals surface area contributed by atoms with E-state index in [-0.39, 0.29) is 11.9 Å². The Bertz CT molecular complexity index is 833. The Balaban J connectivity index is 1.90. The summed E-state index contributed by atoms with van der Waals surface area (Å²) < 4.78 is 5.70. The van der Waals surface area contributed by atoms with E-state index in [1.807, 2.05) is 56.3 Å². The zero-order valence-corrected chi connectivity index (χ0v) is 15.7. The van der Waals surface area contributed by atoms with Gasteiger partial charge in [0.2, 0.25) is 0 Å². The van der Waals surface area contributed by atoms with Crippen molar-refractivity contribution in [3.8, 4) is 16.9 Å². The first kappa shape index (κ1) is 19.0. The van der Waals surface area contributed by atoms with Crippen molar-refractivity contribution < 1.29 is 19.4 Å². The van der Waals surface area contributed by atoms with Crippen molar-refractivity contribution in [2.75, 3.05) is 13.2 Å². The maximum atomic E-state index is 13.1. The number of carbonyl (C=O) groups is 2. The van der Waals surface area contributed by atoms with Crippen LogP contribution in [0.5, 0.6) is 5.75 Å². The minimum atomic E-state index is -0.834. The average molecular weight is 367 g/mol. The van der Waals surface area contributed by atoms with E-state index in [2.05, 4.69) is 0 Å². The Hall–Kier alpha value is -2.82. The highest BCUT2D eigenvalue weighted by atomic mass is 16.5. The van der Waals surface area contributed by atoms with E-state index < -0.39 is 11.9 Å². The minimum Gasteiger partial charge on any atom is -0.493 e. The highest BCUT2D eigenvalue weighted by Gasteiger charge is 2.35. The molecular weight excluding hydrogens is 342 g/mol. The molecule has 1 aliphatic rings. The van der Waals surface area contributed by atoms with Crippen molar-refractivity contribution >= 4 is 11.9 Å². The second-order valence-electron chi connectivity index (χ2n) is 6.84. The third-order valence-corrected chi connectivity index (χ3v) is 5.17. The zero-order valence-electron chi connectivity index (χ0n) is 15.7. The smallest absolute Gasteiger partial charge is 0.308 e. The van der Waals surface area contributed by atoms with Crippen LogP contribution in [0.2, 0.25) is 0 Å². The molecule has 1 aliphatic heterocycles. The number of aliphatic carboxylic acids is 1. The van der Waals surface area contributed by atoms with Gasteiger partial charge in [-0.3, -0.25) is 9.59 Å². The molecule has 2 atom stereocenters. The van der Waals surface area contributed by atoms with Gasteiger partial charge in [-0.05, 0) is 50.5 Å². The third-order valence-electron chi connectivity index (χ3n) is 5.17. The molecule has 0 radical (unpaired) electrons. The Kier molecular flexibility index (Phi) is 5.79. The molecule has 3 rings (SSSR count). The predicted octanol–water partition coefficient (Wildman–Crippen LogP) is 4.08. The summed E-state index contributed by atoms with van der Waals surface area (Å²) in [5, 5.41) is 9.40. The molecular formula is C22H25NO4. The number of carbonyl (C=O) groups excluding carboxylic acids is 1. The number of hydrogen-bond acceptors (Lipinski definition) is 3. The largest absolute Gasteiger partial charge is 0.493 e. The summed E-state index contributed by atoms with van der Waals surface area (Å²) in [6, 6.07) is 14.9. The van der Waals surface area contributed by atoms with Gasteiger partial charge in [0.25, 0.3) is 5.91 Å². The molecule has 0 aromatic heterocycles. The fourth-order valence-electron chi connectivity index (χ4n) is 3.73. The van der Waals surface area contributed by atoms with Crippen LogP contribution in [0.3, 0.4) is 0 Å². The number of carboxylic acids is 1. The Morgan fingerprint density at radius 1 is 1.19 bits per heavy atom. The average Bonchev–Trinajstić information content (AvgIpc) is 2.68. The number of likely N-dealkylation sites (tertiary alicyclic amines) is 1. The standard InChI is InChI=1S/C22H25NO4/c1-3-27-20-12-5-4-10-19(20)16-8-6-9-17(14-16)21(24)23-13-7-11-18(15(23)2)22(25)26/h4-6,8-10,12,14-15,18H,3,7,11,13H2,1-2H3,(H,25,26)/t15-,18-/m0/s1. The first-order valence-electron chi connectivity index (χ1n) is 9.39. The van der Waals surface area contributed by atoms with E-state index in [1.54, 1.807) is 11.0 Å². The quantitative estimate of drug-likeness (QED) is 0.865. The monoisotopic (exact) mass is 367 g/mol. The summed E-state index contributed by atoms with van der Waals surface area (Å²) in [5.41, 5.74) is 2.41. The number of carboxylic acid groups (broad SMARTS) is 1. The van der Waals surface area contributed by atoms with Gasteiger partial charge in [0.05, 0.1) is 12.5 Å². The predicted molar refractivity (Wildman–Crippen MR) is 104 cm³/mol. The lowest BCUT2D eigenvalue weighted by Gasteiger charge is -2.37. The molecule has 0 saturated carbocycles. The first-order valence-corrected chi connectivity index (χ1v) is 9.39. The number of nitrogens with zero attached hydrogens (tertiary/aromatic N) is 1. The molecule has 0 spiro atoms. The summed E-state index contributed by atoms with van der Waals surface area (Å²) in [6.07, 6.45) is 1.32. The van der Waals surface area contributed by atoms with E-state index in [4.69, 9.17) is 4.74 Å². The lowest BCUT2D eigenvalue weighted by Crippen LogP contribution is -2.49. The Morgan fingerprint density at radius 2 is 1.96 bits per heavy atom. The molecule has 2 aromatic carbocycles. The molecule has 0 bridgehead atoms. The first-order chi connectivity index (χ1) is 13.0. The fourth-order valence-corrected chi connectivity index (χ4v) is 3.73. The fraction of sp³-hybridized carbons (Fsp3) is 0.364. The summed E-state index contributed by atoms with van der Waals surface area (Å²) in [5.74, 6) is -0.685. The molecule has 5 heteroatoms. The van der Waals surface area contributed by atoms with E-state index in [9.17, 15) is 14.7 Å². The van der Waals surface area contributed by atoms with E-state index in [0.717, 1.165) is 16.9 Å². The van der Waals surface area contributed by atoms with Gasteiger partial charge in [0.15, 0.2) is 0 Å². The second-order valence-corrected chi connectivity index (χ2v) is 6.84. The number of ether oxygens (including phenoxy) is 1. The van der Waals surface area contributed by atoms with Crippen molar-refractivity contribution in [3.05, 3.63) is 54.1 Å². The summed E-state index contributed by atoms with van der Waals surface area (Å²) in [4.78, 5) is 26.2. The summed E-state index contributed by atoms with van der Waals surface area (Å²) in [7, 11) is 0. The van der Waals surface area contributed by atoms with Gasteiger partial charge in [-0.1, -0.05) is 30.3 Å². The summed E-state index contributed by atoms with van der Waals surface area (Å²) in [6.45, 7) is 4.92. The van der Waals surface area contributed by atoms with Gasteiger partial charge in [0, 0.05) is 23.7 Å². The van der Waals surface area contributed by atoms with Crippen LogP contribution in [-0.2, 0) is 4.79 Å². The number of benzene rings is 2. The Morgan fingerprint density at radius 3 is 2.70 bits per heavy atom. The van der Waals surface area contributed by atoms with Crippen molar-refractivity contribution in [1.82, 2.24) is 4.90 Å². The van der Waals surface area contributed by atoms with E-state index >= 15 is 0 Å². The number of hydrogen-bond donors (Lipinski definition) is 1. The van der Waals surface area contributed by atoms with Gasteiger partial charge in [-0.15, -0.1) is 0 Å². The van der Waals surface area contributed by atoms with Crippen molar-refractivity contribution in [3.63, 3.8) is 0 Å². The molecule has 1 amide bonds. The highest BCUT2D eigenvalue weighted by Crippen LogP contribution is 2.31. The SMILES string of the molecule is CCOc1ccccc1-c1cccc(C(=O)N2CCC[C@H](C(=O)O)[C@@H]2C)c1. The van der Waals surface area contributed by atoms with Crippen LogP contribution >= 0.6 is 0 Å². The number of piperidine rings is 1. The van der Waals surface area contributed by atoms with Gasteiger partial charge in [0.1, 0.15) is 5.75 Å². The topological polar surface area (TPSA) is 66.8 Å². The van der Waals surface area contributed by atoms with Crippen LogP contribution in [0.15, 0.2) is 48.5 Å². The van der Waals surface area contributed by atoms with Crippen LogP contribution in [-0.4, -0.2) is 41.1 Å². The van der Waals surface area contributed by atoms with Crippen LogP contribution in [0, 0.1) is 5.92 Å². The molecule has 27 heavy (non-hydrogen) atoms. The van der Waals surface area contributed by atoms with Crippen LogP contribution in [0.1, 0.15) is 37.0 Å². The van der Waals surface area contributed by atoms with Crippen LogP contribution in [0.4, 0.5) is 0 Å². The van der Waals surface area contributed by atoms with Crippen molar-refractivity contribution in [2.45, 2.75) is 32.7 Å². The molecule has 0 aliphatic carbocycles. The van der Waals surface area contributed by atoms with E-state index in [0.29, 0.717) is 31.6 Å². The van der Waals surface area contributed by atoms with Crippen molar-refractivity contribution in [1.29, 1.82) is 0 Å². The highest BCUT2D eigenvalue weighted by molar-refractivity contribution is 5.96. The third kappa shape index (κ3) is 3.97. The lowest BCUT2D eigenvalue weighted by molar-refractivity contribution is -0.144. The van der Waals surface area contributed by atoms with E-state index in [1.165, 1.54) is 0 Å². The molecule has 0 unspecified atom stereocenters. The molecule has 1 saturated heterocycles. The maximum absolute atomic E-state index is 13.1. The molecule has 2 aromatic rings. The summed E-state index contributed by atoms with van der Waals surface area (Å²) >= 11 is 0. The van der Waals surface area contributed by atoms with Crippen LogP contribution < -0.4 is 4.74 Å².